The summed E-state index contributed by atoms with van der Waals surface area (Å²) in [7, 11) is 1.60. The van der Waals surface area contributed by atoms with Crippen LogP contribution in [0.1, 0.15) is 43.2 Å². The normalized spacial score (nSPS) is 20.7. The second-order valence-electron chi connectivity index (χ2n) is 7.99. The largest absolute Gasteiger partial charge is 0.496 e. The van der Waals surface area contributed by atoms with E-state index in [1.54, 1.807) is 7.11 Å². The van der Waals surface area contributed by atoms with Gasteiger partial charge in [0.2, 0.25) is 0 Å². The van der Waals surface area contributed by atoms with E-state index in [1.807, 2.05) is 61.5 Å². The molecule has 0 saturated heterocycles. The lowest BCUT2D eigenvalue weighted by molar-refractivity contribution is -0.146. The predicted molar refractivity (Wildman–Crippen MR) is 119 cm³/mol. The molecule has 0 bridgehead atoms. The fourth-order valence-corrected chi connectivity index (χ4v) is 4.58. The van der Waals surface area contributed by atoms with Crippen molar-refractivity contribution >= 4 is 17.5 Å². The molecule has 2 aromatic rings. The zero-order chi connectivity index (χ0) is 21.8. The minimum Gasteiger partial charge on any atom is -0.496 e. The van der Waals surface area contributed by atoms with Crippen LogP contribution in [-0.4, -0.2) is 31.2 Å². The lowest BCUT2D eigenvalue weighted by Crippen LogP contribution is -2.37. The Labute approximate surface area is 182 Å². The average molecular weight is 418 g/mol. The van der Waals surface area contributed by atoms with Gasteiger partial charge in [0, 0.05) is 41.3 Å². The zero-order valence-corrected chi connectivity index (χ0v) is 18.0. The van der Waals surface area contributed by atoms with Crippen molar-refractivity contribution in [1.82, 2.24) is 0 Å². The van der Waals surface area contributed by atoms with Crippen LogP contribution < -0.4 is 4.74 Å². The van der Waals surface area contributed by atoms with Crippen molar-refractivity contribution in [2.24, 2.45) is 10.9 Å². The van der Waals surface area contributed by atoms with Gasteiger partial charge in [-0.25, -0.2) is 0 Å². The molecule has 0 radical (unpaired) electrons. The van der Waals surface area contributed by atoms with Crippen LogP contribution >= 0.6 is 0 Å². The molecule has 1 aliphatic heterocycles. The van der Waals surface area contributed by atoms with E-state index < -0.39 is 11.8 Å². The maximum Gasteiger partial charge on any atom is 0.315 e. The molecule has 5 heteroatoms. The number of para-hydroxylation sites is 1. The minimum absolute atomic E-state index is 0.0653. The molecule has 1 unspecified atom stereocenters. The Bertz CT molecular complexity index is 1040. The molecule has 0 amide bonds. The summed E-state index contributed by atoms with van der Waals surface area (Å²) < 4.78 is 11.3. The number of benzene rings is 2. The van der Waals surface area contributed by atoms with Crippen LogP contribution in [0.4, 0.5) is 0 Å². The first-order chi connectivity index (χ1) is 15.1. The molecule has 1 aliphatic carbocycles. The molecule has 4 rings (SSSR count). The Morgan fingerprint density at radius 3 is 2.58 bits per heavy atom. The van der Waals surface area contributed by atoms with Crippen LogP contribution in [0.15, 0.2) is 70.9 Å². The van der Waals surface area contributed by atoms with Crippen LogP contribution in [0, 0.1) is 5.92 Å². The van der Waals surface area contributed by atoms with Crippen LogP contribution in [-0.2, 0) is 20.7 Å². The number of Topliss-reactive ketones (excluding diaryl/α,β-unsaturated/α-hetero) is 1. The van der Waals surface area contributed by atoms with Crippen molar-refractivity contribution in [3.05, 3.63) is 77.0 Å². The summed E-state index contributed by atoms with van der Waals surface area (Å²) in [5, 5.41) is 0. The lowest BCUT2D eigenvalue weighted by atomic mass is 9.71. The maximum absolute atomic E-state index is 13.3. The standard InChI is InChI=1S/C26H27NO4/c1-17-23(26(29)31-16-15-18-9-4-3-5-10-18)24(19-11-6-7-14-22(19)30-2)25-20(27-17)12-8-13-21(25)28/h3-7,9-11,14,23-24H,8,12-13,15-16H2,1-2H3/t23?,24-/m0/s1. The highest BCUT2D eigenvalue weighted by Crippen LogP contribution is 2.46. The van der Waals surface area contributed by atoms with Gasteiger partial charge in [-0.15, -0.1) is 0 Å². The van der Waals surface area contributed by atoms with Gasteiger partial charge in [0.05, 0.1) is 13.7 Å². The summed E-state index contributed by atoms with van der Waals surface area (Å²) in [6.45, 7) is 2.14. The molecular weight excluding hydrogens is 390 g/mol. The number of ketones is 1. The Kier molecular flexibility index (Phi) is 6.31. The van der Waals surface area contributed by atoms with E-state index in [0.29, 0.717) is 29.9 Å². The molecule has 160 valence electrons. The number of hydrogen-bond acceptors (Lipinski definition) is 5. The van der Waals surface area contributed by atoms with E-state index in [9.17, 15) is 9.59 Å². The molecule has 0 spiro atoms. The molecule has 31 heavy (non-hydrogen) atoms. The van der Waals surface area contributed by atoms with Crippen molar-refractivity contribution in [3.63, 3.8) is 0 Å². The van der Waals surface area contributed by atoms with Crippen molar-refractivity contribution < 1.29 is 19.1 Å². The quantitative estimate of drug-likeness (QED) is 0.641. The highest BCUT2D eigenvalue weighted by Gasteiger charge is 2.44. The zero-order valence-electron chi connectivity index (χ0n) is 18.0. The molecule has 0 saturated carbocycles. The topological polar surface area (TPSA) is 65.0 Å². The van der Waals surface area contributed by atoms with Crippen molar-refractivity contribution in [2.45, 2.75) is 38.5 Å². The van der Waals surface area contributed by atoms with Gasteiger partial charge in [-0.2, -0.15) is 0 Å². The smallest absolute Gasteiger partial charge is 0.315 e. The van der Waals surface area contributed by atoms with Crippen LogP contribution in [0.2, 0.25) is 0 Å². The van der Waals surface area contributed by atoms with E-state index in [-0.39, 0.29) is 18.4 Å². The Morgan fingerprint density at radius 2 is 1.81 bits per heavy atom. The molecule has 2 aromatic carbocycles. The van der Waals surface area contributed by atoms with Gasteiger partial charge >= 0.3 is 5.97 Å². The number of carbonyl (C=O) groups is 2. The van der Waals surface area contributed by atoms with Crippen LogP contribution in [0.25, 0.3) is 0 Å². The van der Waals surface area contributed by atoms with Gasteiger partial charge in [-0.3, -0.25) is 14.6 Å². The monoisotopic (exact) mass is 417 g/mol. The third kappa shape index (κ3) is 4.31. The summed E-state index contributed by atoms with van der Waals surface area (Å²) in [6.07, 6.45) is 2.66. The first kappa shape index (κ1) is 21.0. The van der Waals surface area contributed by atoms with Crippen LogP contribution in [0.5, 0.6) is 5.75 Å². The van der Waals surface area contributed by atoms with Gasteiger partial charge in [-0.1, -0.05) is 48.5 Å². The third-order valence-corrected chi connectivity index (χ3v) is 6.04. The SMILES string of the molecule is COc1ccccc1[C@@H]1C2=C(CCCC2=O)N=C(C)C1C(=O)OCCc1ccccc1. The Balaban J connectivity index is 1.66. The summed E-state index contributed by atoms with van der Waals surface area (Å²) in [4.78, 5) is 30.9. The summed E-state index contributed by atoms with van der Waals surface area (Å²) in [5.41, 5.74) is 4.07. The first-order valence-corrected chi connectivity index (χ1v) is 10.7. The van der Waals surface area contributed by atoms with E-state index in [2.05, 4.69) is 4.99 Å². The number of aliphatic imine (C=N–C) groups is 1. The first-order valence-electron chi connectivity index (χ1n) is 10.7. The number of hydrogen-bond donors (Lipinski definition) is 0. The second kappa shape index (κ2) is 9.29. The minimum atomic E-state index is -0.645. The highest BCUT2D eigenvalue weighted by atomic mass is 16.5. The number of rotatable bonds is 6. The number of esters is 1. The lowest BCUT2D eigenvalue weighted by Gasteiger charge is -2.35. The molecule has 5 nitrogen and oxygen atoms in total. The van der Waals surface area contributed by atoms with E-state index in [1.165, 1.54) is 0 Å². The van der Waals surface area contributed by atoms with Gasteiger partial charge in [0.15, 0.2) is 5.78 Å². The molecule has 2 aliphatic rings. The van der Waals surface area contributed by atoms with Crippen molar-refractivity contribution in [1.29, 1.82) is 0 Å². The van der Waals surface area contributed by atoms with Gasteiger partial charge in [0.1, 0.15) is 11.7 Å². The number of methoxy groups -OCH3 is 1. The molecule has 0 N–H and O–H groups in total. The van der Waals surface area contributed by atoms with Crippen molar-refractivity contribution in [2.75, 3.05) is 13.7 Å². The number of carbonyl (C=O) groups excluding carboxylic acids is 2. The van der Waals surface area contributed by atoms with E-state index >= 15 is 0 Å². The van der Waals surface area contributed by atoms with Gasteiger partial charge in [-0.05, 0) is 31.4 Å². The van der Waals surface area contributed by atoms with E-state index in [0.717, 1.165) is 29.7 Å². The second-order valence-corrected chi connectivity index (χ2v) is 7.99. The highest BCUT2D eigenvalue weighted by molar-refractivity contribution is 6.09. The maximum atomic E-state index is 13.3. The fourth-order valence-electron chi connectivity index (χ4n) is 4.58. The number of ether oxygens (including phenoxy) is 2. The molecule has 2 atom stereocenters. The average Bonchev–Trinajstić information content (AvgIpc) is 2.79. The van der Waals surface area contributed by atoms with E-state index in [4.69, 9.17) is 9.47 Å². The predicted octanol–water partition coefficient (Wildman–Crippen LogP) is 4.66. The Hall–Kier alpha value is -3.21. The summed E-state index contributed by atoms with van der Waals surface area (Å²) in [5.74, 6) is -0.712. The van der Waals surface area contributed by atoms with Gasteiger partial charge < -0.3 is 9.47 Å². The molecular formula is C26H27NO4. The summed E-state index contributed by atoms with van der Waals surface area (Å²) in [6, 6.07) is 17.5. The number of allylic oxidation sites excluding steroid dienone is 2. The number of nitrogens with zero attached hydrogens (tertiary/aromatic N) is 1. The fraction of sp³-hybridized carbons (Fsp3) is 0.346. The molecule has 0 fully saturated rings. The van der Waals surface area contributed by atoms with Crippen LogP contribution in [0.3, 0.4) is 0 Å². The third-order valence-electron chi connectivity index (χ3n) is 6.04. The molecule has 1 heterocycles. The van der Waals surface area contributed by atoms with Gasteiger partial charge in [0.25, 0.3) is 0 Å². The molecule has 0 aromatic heterocycles. The summed E-state index contributed by atoms with van der Waals surface area (Å²) >= 11 is 0. The Morgan fingerprint density at radius 1 is 1.06 bits per heavy atom. The van der Waals surface area contributed by atoms with Crippen molar-refractivity contribution in [3.8, 4) is 5.75 Å².